The van der Waals surface area contributed by atoms with Crippen LogP contribution in [-0.4, -0.2) is 43.2 Å². The number of hydrogen-bond acceptors (Lipinski definition) is 9. The maximum absolute atomic E-state index is 4.61. The fourth-order valence-electron chi connectivity index (χ4n) is 2.43. The first kappa shape index (κ1) is 13.9. The van der Waals surface area contributed by atoms with Crippen molar-refractivity contribution in [1.82, 2.24) is 30.1 Å². The minimum absolute atomic E-state index is 0.286. The third-order valence-corrected chi connectivity index (χ3v) is 4.15. The van der Waals surface area contributed by atoms with Crippen molar-refractivity contribution in [2.24, 2.45) is 0 Å². The second-order valence-corrected chi connectivity index (χ2v) is 6.11. The average Bonchev–Trinajstić information content (AvgIpc) is 2.99. The Morgan fingerprint density at radius 1 is 1.22 bits per heavy atom. The van der Waals surface area contributed by atoms with Gasteiger partial charge < -0.3 is 10.2 Å². The van der Waals surface area contributed by atoms with Gasteiger partial charge in [-0.15, -0.1) is 10.2 Å². The molecule has 3 aromatic heterocycles. The number of rotatable bonds is 4. The molecule has 1 saturated heterocycles. The van der Waals surface area contributed by atoms with Crippen LogP contribution >= 0.6 is 11.3 Å². The van der Waals surface area contributed by atoms with Crippen molar-refractivity contribution in [2.45, 2.75) is 12.8 Å². The third-order valence-electron chi connectivity index (χ3n) is 3.55. The van der Waals surface area contributed by atoms with Crippen molar-refractivity contribution in [3.05, 3.63) is 41.6 Å². The lowest BCUT2D eigenvalue weighted by Gasteiger charge is -2.38. The molecule has 0 saturated carbocycles. The molecule has 0 amide bonds. The molecular formula is C14H14N8S. The maximum Gasteiger partial charge on any atom is 0.225 e. The van der Waals surface area contributed by atoms with E-state index in [9.17, 15) is 0 Å². The summed E-state index contributed by atoms with van der Waals surface area (Å²) in [5.74, 6) is 2.63. The monoisotopic (exact) mass is 326 g/mol. The Labute approximate surface area is 136 Å². The van der Waals surface area contributed by atoms with Crippen molar-refractivity contribution < 1.29 is 0 Å². The summed E-state index contributed by atoms with van der Waals surface area (Å²) in [6.07, 6.45) is 3.51. The van der Waals surface area contributed by atoms with E-state index in [4.69, 9.17) is 0 Å². The topological polar surface area (TPSA) is 92.6 Å². The number of anilines is 3. The lowest BCUT2D eigenvalue weighted by atomic mass is 9.99. The van der Waals surface area contributed by atoms with Gasteiger partial charge in [-0.2, -0.15) is 0 Å². The Morgan fingerprint density at radius 3 is 2.78 bits per heavy atom. The maximum atomic E-state index is 4.61. The van der Waals surface area contributed by atoms with Crippen molar-refractivity contribution in [1.29, 1.82) is 0 Å². The van der Waals surface area contributed by atoms with Crippen molar-refractivity contribution in [2.75, 3.05) is 23.3 Å². The Morgan fingerprint density at radius 2 is 2.04 bits per heavy atom. The van der Waals surface area contributed by atoms with Crippen LogP contribution in [0, 0.1) is 6.92 Å². The van der Waals surface area contributed by atoms with Gasteiger partial charge >= 0.3 is 0 Å². The van der Waals surface area contributed by atoms with E-state index in [0.29, 0.717) is 0 Å². The molecule has 1 aliphatic rings. The smallest absolute Gasteiger partial charge is 0.225 e. The standard InChI is InChI=1S/C14H14N8S/c1-9-5-11(20-14-21-17-8-23-14)19-12(18-9)10-6-22(7-10)13-15-3-2-4-16-13/h2-5,8,10H,6-7H2,1H3,(H,18,19,20,21). The van der Waals surface area contributed by atoms with Gasteiger partial charge in [-0.3, -0.25) is 0 Å². The zero-order valence-electron chi connectivity index (χ0n) is 12.4. The molecule has 0 radical (unpaired) electrons. The van der Waals surface area contributed by atoms with Crippen molar-refractivity contribution >= 4 is 28.2 Å². The Kier molecular flexibility index (Phi) is 3.54. The first-order chi connectivity index (χ1) is 11.3. The van der Waals surface area contributed by atoms with Crippen molar-refractivity contribution in [3.63, 3.8) is 0 Å². The molecule has 1 N–H and O–H groups in total. The highest BCUT2D eigenvalue weighted by Crippen LogP contribution is 2.28. The molecular weight excluding hydrogens is 312 g/mol. The van der Waals surface area contributed by atoms with Crippen LogP contribution in [0.25, 0.3) is 0 Å². The van der Waals surface area contributed by atoms with Crippen LogP contribution in [0.5, 0.6) is 0 Å². The summed E-state index contributed by atoms with van der Waals surface area (Å²) in [7, 11) is 0. The lowest BCUT2D eigenvalue weighted by Crippen LogP contribution is -2.46. The fraction of sp³-hybridized carbons (Fsp3) is 0.286. The first-order valence-corrected chi connectivity index (χ1v) is 8.06. The van der Waals surface area contributed by atoms with Crippen LogP contribution in [0.15, 0.2) is 30.0 Å². The largest absolute Gasteiger partial charge is 0.339 e. The van der Waals surface area contributed by atoms with Gasteiger partial charge in [0.1, 0.15) is 17.2 Å². The average molecular weight is 326 g/mol. The van der Waals surface area contributed by atoms with Gasteiger partial charge in [-0.05, 0) is 13.0 Å². The van der Waals surface area contributed by atoms with Crippen LogP contribution in [0.3, 0.4) is 0 Å². The summed E-state index contributed by atoms with van der Waals surface area (Å²) in [5.41, 5.74) is 2.61. The Hall–Kier alpha value is -2.68. The molecule has 1 fully saturated rings. The molecule has 8 nitrogen and oxygen atoms in total. The summed E-state index contributed by atoms with van der Waals surface area (Å²) in [5, 5.41) is 11.7. The van der Waals surface area contributed by atoms with Crippen LogP contribution in [0.4, 0.5) is 16.9 Å². The second kappa shape index (κ2) is 5.84. The van der Waals surface area contributed by atoms with Crippen LogP contribution < -0.4 is 10.2 Å². The Balaban J connectivity index is 1.48. The van der Waals surface area contributed by atoms with E-state index in [1.807, 2.05) is 19.1 Å². The summed E-state index contributed by atoms with van der Waals surface area (Å²) in [6, 6.07) is 3.72. The van der Waals surface area contributed by atoms with Gasteiger partial charge in [-0.1, -0.05) is 11.3 Å². The molecule has 116 valence electrons. The molecule has 23 heavy (non-hydrogen) atoms. The predicted octanol–water partition coefficient (Wildman–Crippen LogP) is 1.77. The minimum Gasteiger partial charge on any atom is -0.339 e. The molecule has 0 unspecified atom stereocenters. The van der Waals surface area contributed by atoms with E-state index in [0.717, 1.165) is 41.5 Å². The van der Waals surface area contributed by atoms with E-state index >= 15 is 0 Å². The molecule has 0 aliphatic carbocycles. The van der Waals surface area contributed by atoms with Gasteiger partial charge in [-0.25, -0.2) is 19.9 Å². The number of aryl methyl sites for hydroxylation is 1. The number of hydrogen-bond donors (Lipinski definition) is 1. The van der Waals surface area contributed by atoms with Gasteiger partial charge in [0.05, 0.1) is 5.92 Å². The summed E-state index contributed by atoms with van der Waals surface area (Å²) < 4.78 is 0. The van der Waals surface area contributed by atoms with Gasteiger partial charge in [0.2, 0.25) is 11.1 Å². The molecule has 0 spiro atoms. The third kappa shape index (κ3) is 2.95. The fourth-order valence-corrected chi connectivity index (χ4v) is 2.89. The predicted molar refractivity (Wildman–Crippen MR) is 86.9 cm³/mol. The highest BCUT2D eigenvalue weighted by molar-refractivity contribution is 7.13. The van der Waals surface area contributed by atoms with Crippen molar-refractivity contribution in [3.8, 4) is 0 Å². The lowest BCUT2D eigenvalue weighted by molar-refractivity contribution is 0.490. The summed E-state index contributed by atoms with van der Waals surface area (Å²) in [6.45, 7) is 3.62. The molecule has 0 aromatic carbocycles. The van der Waals surface area contributed by atoms with E-state index in [1.54, 1.807) is 17.9 Å². The van der Waals surface area contributed by atoms with Gasteiger partial charge in [0.15, 0.2) is 0 Å². The molecule has 0 bridgehead atoms. The highest BCUT2D eigenvalue weighted by Gasteiger charge is 2.32. The van der Waals surface area contributed by atoms with Crippen LogP contribution in [0.2, 0.25) is 0 Å². The SMILES string of the molecule is Cc1cc(Nc2nncs2)nc(C2CN(c3ncccn3)C2)n1. The molecule has 4 heterocycles. The van der Waals surface area contributed by atoms with E-state index in [2.05, 4.69) is 40.3 Å². The zero-order valence-corrected chi connectivity index (χ0v) is 13.2. The molecule has 1 aliphatic heterocycles. The summed E-state index contributed by atoms with van der Waals surface area (Å²) in [4.78, 5) is 19.8. The zero-order chi connectivity index (χ0) is 15.6. The van der Waals surface area contributed by atoms with Crippen LogP contribution in [0.1, 0.15) is 17.4 Å². The van der Waals surface area contributed by atoms with E-state index in [1.165, 1.54) is 11.3 Å². The van der Waals surface area contributed by atoms with Gasteiger partial charge in [0, 0.05) is 37.2 Å². The quantitative estimate of drug-likeness (QED) is 0.775. The summed E-state index contributed by atoms with van der Waals surface area (Å²) >= 11 is 1.44. The first-order valence-electron chi connectivity index (χ1n) is 7.18. The number of nitrogens with zero attached hydrogens (tertiary/aromatic N) is 7. The normalized spacial score (nSPS) is 14.6. The number of aromatic nitrogens is 6. The van der Waals surface area contributed by atoms with Gasteiger partial charge in [0.25, 0.3) is 0 Å². The molecule has 3 aromatic rings. The minimum atomic E-state index is 0.286. The number of nitrogens with one attached hydrogen (secondary N) is 1. The molecule has 4 rings (SSSR count). The second-order valence-electron chi connectivity index (χ2n) is 5.27. The molecule has 9 heteroatoms. The highest BCUT2D eigenvalue weighted by atomic mass is 32.1. The Bertz CT molecular complexity index is 786. The van der Waals surface area contributed by atoms with Crippen LogP contribution in [-0.2, 0) is 0 Å². The molecule has 0 atom stereocenters. The van der Waals surface area contributed by atoms with E-state index < -0.39 is 0 Å². The van der Waals surface area contributed by atoms with E-state index in [-0.39, 0.29) is 5.92 Å².